The molecule has 2 aromatic carbocycles. The first kappa shape index (κ1) is 16.5. The molecule has 0 fully saturated rings. The van der Waals surface area contributed by atoms with Crippen molar-refractivity contribution in [3.8, 4) is 0 Å². The van der Waals surface area contributed by atoms with Gasteiger partial charge in [-0.05, 0) is 65.5 Å². The SMILES string of the molecule is CSc1ccc(C2=C(c3ccc(CS(=O)O)cc3)CCC2)cc1. The summed E-state index contributed by atoms with van der Waals surface area (Å²) in [4.78, 5) is 1.29. The fourth-order valence-corrected chi connectivity index (χ4v) is 4.00. The molecular weight excluding hydrogens is 324 g/mol. The van der Waals surface area contributed by atoms with Crippen molar-refractivity contribution < 1.29 is 8.76 Å². The van der Waals surface area contributed by atoms with Gasteiger partial charge in [0.25, 0.3) is 0 Å². The van der Waals surface area contributed by atoms with E-state index in [0.29, 0.717) is 0 Å². The fraction of sp³-hybridized carbons (Fsp3) is 0.263. The maximum absolute atomic E-state index is 10.9. The van der Waals surface area contributed by atoms with Crippen LogP contribution < -0.4 is 0 Å². The Bertz CT molecular complexity index is 731. The van der Waals surface area contributed by atoms with Gasteiger partial charge in [-0.2, -0.15) is 0 Å². The summed E-state index contributed by atoms with van der Waals surface area (Å²) in [5.74, 6) is 0.197. The Hall–Kier alpha value is -1.36. The van der Waals surface area contributed by atoms with Gasteiger partial charge in [-0.1, -0.05) is 36.4 Å². The van der Waals surface area contributed by atoms with E-state index in [1.165, 1.54) is 33.6 Å². The van der Waals surface area contributed by atoms with Gasteiger partial charge >= 0.3 is 0 Å². The van der Waals surface area contributed by atoms with Crippen LogP contribution in [0.15, 0.2) is 53.4 Å². The average molecular weight is 345 g/mol. The minimum absolute atomic E-state index is 0.197. The van der Waals surface area contributed by atoms with E-state index in [1.54, 1.807) is 11.8 Å². The average Bonchev–Trinajstić information content (AvgIpc) is 3.05. The van der Waals surface area contributed by atoms with Gasteiger partial charge in [0.2, 0.25) is 0 Å². The highest BCUT2D eigenvalue weighted by atomic mass is 32.2. The van der Waals surface area contributed by atoms with Crippen molar-refractivity contribution in [2.24, 2.45) is 0 Å². The molecule has 0 aliphatic heterocycles. The third kappa shape index (κ3) is 3.94. The zero-order valence-corrected chi connectivity index (χ0v) is 14.8. The van der Waals surface area contributed by atoms with E-state index in [9.17, 15) is 4.21 Å². The van der Waals surface area contributed by atoms with Crippen molar-refractivity contribution in [3.05, 3.63) is 65.2 Å². The second kappa shape index (κ2) is 7.47. The zero-order valence-electron chi connectivity index (χ0n) is 13.1. The van der Waals surface area contributed by atoms with Gasteiger partial charge < -0.3 is 4.55 Å². The van der Waals surface area contributed by atoms with E-state index in [1.807, 2.05) is 12.1 Å². The molecule has 0 spiro atoms. The summed E-state index contributed by atoms with van der Waals surface area (Å²) in [6, 6.07) is 16.9. The van der Waals surface area contributed by atoms with E-state index in [4.69, 9.17) is 4.55 Å². The van der Waals surface area contributed by atoms with E-state index in [-0.39, 0.29) is 5.75 Å². The predicted octanol–water partition coefficient (Wildman–Crippen LogP) is 5.22. The Labute approximate surface area is 144 Å². The lowest BCUT2D eigenvalue weighted by atomic mass is 9.96. The van der Waals surface area contributed by atoms with Crippen molar-refractivity contribution in [1.82, 2.24) is 0 Å². The fourth-order valence-electron chi connectivity index (χ4n) is 3.12. The smallest absolute Gasteiger partial charge is 0.157 e. The number of hydrogen-bond donors (Lipinski definition) is 1. The standard InChI is InChI=1S/C19H20O2S2/c1-22-17-11-9-16(10-12-17)19-4-2-3-18(19)15-7-5-14(6-8-15)13-23(20)21/h5-12H,2-4,13H2,1H3,(H,20,21). The first-order chi connectivity index (χ1) is 11.2. The van der Waals surface area contributed by atoms with Crippen LogP contribution in [-0.2, 0) is 16.8 Å². The first-order valence-corrected chi connectivity index (χ1v) is 10.2. The summed E-state index contributed by atoms with van der Waals surface area (Å²) in [5, 5.41) is 0. The molecule has 0 heterocycles. The van der Waals surface area contributed by atoms with Crippen LogP contribution in [0.25, 0.3) is 11.1 Å². The van der Waals surface area contributed by atoms with E-state index >= 15 is 0 Å². The molecule has 1 unspecified atom stereocenters. The number of benzene rings is 2. The summed E-state index contributed by atoms with van der Waals surface area (Å²) in [6.45, 7) is 0. The highest BCUT2D eigenvalue weighted by molar-refractivity contribution is 7.98. The highest BCUT2D eigenvalue weighted by Crippen LogP contribution is 2.40. The molecule has 0 saturated carbocycles. The van der Waals surface area contributed by atoms with Crippen molar-refractivity contribution in [1.29, 1.82) is 0 Å². The monoisotopic (exact) mass is 344 g/mol. The lowest BCUT2D eigenvalue weighted by Crippen LogP contribution is -1.93. The normalized spacial score (nSPS) is 15.9. The van der Waals surface area contributed by atoms with Crippen LogP contribution in [0.2, 0.25) is 0 Å². The van der Waals surface area contributed by atoms with Crippen molar-refractivity contribution in [3.63, 3.8) is 0 Å². The Morgan fingerprint density at radius 1 is 0.957 bits per heavy atom. The molecule has 1 N–H and O–H groups in total. The molecule has 0 radical (unpaired) electrons. The molecule has 2 aromatic rings. The molecule has 0 aromatic heterocycles. The Balaban J connectivity index is 1.90. The molecule has 0 saturated heterocycles. The molecule has 120 valence electrons. The van der Waals surface area contributed by atoms with E-state index in [2.05, 4.69) is 42.7 Å². The second-order valence-corrected chi connectivity index (χ2v) is 7.51. The van der Waals surface area contributed by atoms with E-state index < -0.39 is 11.1 Å². The van der Waals surface area contributed by atoms with Crippen molar-refractivity contribution >= 4 is 34.0 Å². The van der Waals surface area contributed by atoms with Gasteiger partial charge in [0.1, 0.15) is 0 Å². The highest BCUT2D eigenvalue weighted by Gasteiger charge is 2.17. The van der Waals surface area contributed by atoms with Crippen molar-refractivity contribution in [2.75, 3.05) is 6.26 Å². The van der Waals surface area contributed by atoms with Crippen molar-refractivity contribution in [2.45, 2.75) is 29.9 Å². The van der Waals surface area contributed by atoms with Gasteiger partial charge in [-0.3, -0.25) is 0 Å². The molecule has 1 aliphatic carbocycles. The molecular formula is C19H20O2S2. The summed E-state index contributed by atoms with van der Waals surface area (Å²) in [5.41, 5.74) is 6.31. The molecule has 0 bridgehead atoms. The molecule has 3 rings (SSSR count). The largest absolute Gasteiger partial charge is 0.306 e. The van der Waals surface area contributed by atoms with Gasteiger partial charge in [0.05, 0.1) is 5.75 Å². The lowest BCUT2D eigenvalue weighted by Gasteiger charge is -2.10. The third-order valence-electron chi connectivity index (χ3n) is 4.25. The van der Waals surface area contributed by atoms with Gasteiger partial charge in [-0.15, -0.1) is 11.8 Å². The van der Waals surface area contributed by atoms with Gasteiger partial charge in [0, 0.05) is 4.90 Å². The quantitative estimate of drug-likeness (QED) is 0.596. The van der Waals surface area contributed by atoms with Crippen LogP contribution in [0.1, 0.15) is 36.0 Å². The number of thioether (sulfide) groups is 1. The number of rotatable bonds is 5. The topological polar surface area (TPSA) is 37.3 Å². The first-order valence-electron chi connectivity index (χ1n) is 7.70. The van der Waals surface area contributed by atoms with E-state index in [0.717, 1.165) is 18.4 Å². The summed E-state index contributed by atoms with van der Waals surface area (Å²) in [7, 11) is 0. The number of hydrogen-bond acceptors (Lipinski definition) is 2. The maximum Gasteiger partial charge on any atom is 0.157 e. The third-order valence-corrected chi connectivity index (χ3v) is 5.57. The Kier molecular flexibility index (Phi) is 5.36. The van der Waals surface area contributed by atoms with Crippen LogP contribution in [0.5, 0.6) is 0 Å². The molecule has 4 heteroatoms. The van der Waals surface area contributed by atoms with Crippen LogP contribution in [0, 0.1) is 0 Å². The lowest BCUT2D eigenvalue weighted by molar-refractivity contribution is 0.563. The predicted molar refractivity (Wildman–Crippen MR) is 99.8 cm³/mol. The van der Waals surface area contributed by atoms with Gasteiger partial charge in [0.15, 0.2) is 11.1 Å². The van der Waals surface area contributed by atoms with Crippen LogP contribution >= 0.6 is 11.8 Å². The molecule has 1 atom stereocenters. The van der Waals surface area contributed by atoms with Crippen LogP contribution in [0.3, 0.4) is 0 Å². The minimum atomic E-state index is -1.78. The summed E-state index contributed by atoms with van der Waals surface area (Å²) >= 11 is -0.0168. The molecule has 23 heavy (non-hydrogen) atoms. The summed E-state index contributed by atoms with van der Waals surface area (Å²) < 4.78 is 19.9. The maximum atomic E-state index is 10.9. The Morgan fingerprint density at radius 2 is 1.48 bits per heavy atom. The zero-order chi connectivity index (χ0) is 16.2. The van der Waals surface area contributed by atoms with Crippen LogP contribution in [-0.4, -0.2) is 15.0 Å². The molecule has 2 nitrogen and oxygen atoms in total. The minimum Gasteiger partial charge on any atom is -0.306 e. The van der Waals surface area contributed by atoms with Crippen LogP contribution in [0.4, 0.5) is 0 Å². The molecule has 1 aliphatic rings. The van der Waals surface area contributed by atoms with Gasteiger partial charge in [-0.25, -0.2) is 4.21 Å². The summed E-state index contributed by atoms with van der Waals surface area (Å²) in [6.07, 6.45) is 5.51. The Morgan fingerprint density at radius 3 is 1.96 bits per heavy atom. The molecule has 0 amide bonds. The number of allylic oxidation sites excluding steroid dienone is 2. The second-order valence-electron chi connectivity index (χ2n) is 5.70.